The normalized spacial score (nSPS) is 11.1. The average Bonchev–Trinajstić information content (AvgIpc) is 2.64. The zero-order valence-corrected chi connectivity index (χ0v) is 14.9. The predicted octanol–water partition coefficient (Wildman–Crippen LogP) is 5.02. The fourth-order valence-electron chi connectivity index (χ4n) is 1.38. The van der Waals surface area contributed by atoms with Crippen molar-refractivity contribution in [2.75, 3.05) is 0 Å². The van der Waals surface area contributed by atoms with Crippen molar-refractivity contribution in [1.29, 1.82) is 0 Å². The largest absolute Gasteiger partial charge is 0.478 e. The summed E-state index contributed by atoms with van der Waals surface area (Å²) in [6.07, 6.45) is 0. The molecule has 0 fully saturated rings. The lowest BCUT2D eigenvalue weighted by Gasteiger charge is -2.10. The number of carboxylic acid groups (broad SMARTS) is 1. The smallest absolute Gasteiger partial charge is 0.419 e. The van der Waals surface area contributed by atoms with E-state index in [2.05, 4.69) is 15.6 Å². The molecule has 28 heavy (non-hydrogen) atoms. The molecule has 152 valence electrons. The van der Waals surface area contributed by atoms with Gasteiger partial charge in [-0.15, -0.1) is 0 Å². The first-order chi connectivity index (χ1) is 13.0. The summed E-state index contributed by atoms with van der Waals surface area (Å²) in [5.74, 6) is -14.9. The maximum atomic E-state index is 13.3. The predicted molar refractivity (Wildman–Crippen MR) is 85.3 cm³/mol. The van der Waals surface area contributed by atoms with Gasteiger partial charge in [0.2, 0.25) is 34.8 Å². The zero-order chi connectivity index (χ0) is 21.6. The minimum Gasteiger partial charge on any atom is -0.478 e. The van der Waals surface area contributed by atoms with Gasteiger partial charge < -0.3 is 14.2 Å². The summed E-state index contributed by atoms with van der Waals surface area (Å²) >= 11 is 0. The lowest BCUT2D eigenvalue weighted by Crippen LogP contribution is -2.04. The van der Waals surface area contributed by atoms with Gasteiger partial charge in [0.05, 0.1) is 0 Å². The molecule has 12 heteroatoms. The van der Waals surface area contributed by atoms with Crippen LogP contribution in [0.2, 0.25) is 0 Å². The van der Waals surface area contributed by atoms with Crippen molar-refractivity contribution in [2.24, 2.45) is 0 Å². The monoisotopic (exact) mass is 428 g/mol. The minimum absolute atomic E-state index is 0.176. The highest BCUT2D eigenvalue weighted by atomic mass is 31.1. The van der Waals surface area contributed by atoms with E-state index in [-0.39, 0.29) is 11.3 Å². The molecule has 0 aromatic heterocycles. The fraction of sp³-hybridized carbons (Fsp3) is 0.0625. The van der Waals surface area contributed by atoms with Crippen LogP contribution in [0.5, 0.6) is 11.5 Å². The fourth-order valence-corrected chi connectivity index (χ4v) is 2.09. The Labute approximate surface area is 154 Å². The van der Waals surface area contributed by atoms with Gasteiger partial charge in [-0.3, -0.25) is 0 Å². The van der Waals surface area contributed by atoms with Crippen LogP contribution in [0.25, 0.3) is 0 Å². The number of aliphatic carboxylic acids is 1. The van der Waals surface area contributed by atoms with Gasteiger partial charge in [0.1, 0.15) is 11.6 Å². The number of carboxylic acids is 1. The van der Waals surface area contributed by atoms with E-state index in [1.165, 1.54) is 6.92 Å². The topological polar surface area (TPSA) is 72.8 Å². The van der Waals surface area contributed by atoms with Gasteiger partial charge in [0.25, 0.3) is 0 Å². The van der Waals surface area contributed by atoms with Crippen molar-refractivity contribution >= 4 is 14.2 Å². The molecule has 1 atom stereocenters. The van der Waals surface area contributed by atoms with Crippen molar-refractivity contribution in [3.63, 3.8) is 0 Å². The van der Waals surface area contributed by atoms with Crippen molar-refractivity contribution in [2.45, 2.75) is 6.92 Å². The standard InChI is InChI=1S/C12H5F6O3P.C4H6O2/c13-5-1-3-6(4-2-5)20-22(19)21-12-10(17)8(15)7(14)9(16)11(12)18;1-3(2)4(5)6/h1-4,22H;1H2,2H3,(H,5,6). The zero-order valence-electron chi connectivity index (χ0n) is 13.9. The molecular formula is C16H11F6O5P. The van der Waals surface area contributed by atoms with Crippen LogP contribution in [0.1, 0.15) is 6.92 Å². The van der Waals surface area contributed by atoms with Gasteiger partial charge in [-0.1, -0.05) is 6.58 Å². The van der Waals surface area contributed by atoms with Gasteiger partial charge in [-0.05, 0) is 31.2 Å². The molecule has 0 heterocycles. The molecule has 1 N–H and O–H groups in total. The third-order valence-electron chi connectivity index (χ3n) is 2.73. The van der Waals surface area contributed by atoms with E-state index in [0.29, 0.717) is 0 Å². The van der Waals surface area contributed by atoms with Gasteiger partial charge in [0, 0.05) is 5.57 Å². The SMILES string of the molecule is C=C(C)C(=O)O.O=[PH](Oc1ccc(F)cc1)Oc1c(F)c(F)c(F)c(F)c1F. The van der Waals surface area contributed by atoms with E-state index in [1.807, 2.05) is 0 Å². The van der Waals surface area contributed by atoms with Crippen molar-refractivity contribution < 1.29 is 49.9 Å². The van der Waals surface area contributed by atoms with E-state index in [1.54, 1.807) is 0 Å². The Kier molecular flexibility index (Phi) is 8.12. The summed E-state index contributed by atoms with van der Waals surface area (Å²) in [5.41, 5.74) is 0.176. The first kappa shape index (κ1) is 23.1. The van der Waals surface area contributed by atoms with Gasteiger partial charge in [-0.2, -0.15) is 8.78 Å². The summed E-state index contributed by atoms with van der Waals surface area (Å²) in [6, 6.07) is 3.92. The minimum atomic E-state index is -3.71. The van der Waals surface area contributed by atoms with Crippen LogP contribution < -0.4 is 9.05 Å². The lowest BCUT2D eigenvalue weighted by atomic mass is 10.3. The van der Waals surface area contributed by atoms with Crippen molar-refractivity contribution in [1.82, 2.24) is 0 Å². The number of halogens is 6. The molecule has 1 unspecified atom stereocenters. The summed E-state index contributed by atoms with van der Waals surface area (Å²) in [4.78, 5) is 9.60. The Morgan fingerprint density at radius 1 is 0.893 bits per heavy atom. The maximum absolute atomic E-state index is 13.3. The molecule has 2 aromatic carbocycles. The van der Waals surface area contributed by atoms with E-state index in [9.17, 15) is 35.7 Å². The number of hydrogen-bond acceptors (Lipinski definition) is 4. The van der Waals surface area contributed by atoms with E-state index >= 15 is 0 Å². The number of hydrogen-bond donors (Lipinski definition) is 1. The molecule has 0 saturated carbocycles. The third kappa shape index (κ3) is 6.05. The molecule has 0 aliphatic rings. The molecule has 0 bridgehead atoms. The summed E-state index contributed by atoms with van der Waals surface area (Å²) in [7, 11) is -3.71. The second-order valence-corrected chi connectivity index (χ2v) is 5.80. The Morgan fingerprint density at radius 3 is 1.68 bits per heavy atom. The van der Waals surface area contributed by atoms with E-state index < -0.39 is 54.9 Å². The summed E-state index contributed by atoms with van der Waals surface area (Å²) in [5, 5.41) is 7.89. The quantitative estimate of drug-likeness (QED) is 0.238. The van der Waals surface area contributed by atoms with Crippen LogP contribution >= 0.6 is 8.25 Å². The molecule has 0 aliphatic carbocycles. The molecule has 5 nitrogen and oxygen atoms in total. The molecule has 0 aliphatic heterocycles. The molecule has 0 spiro atoms. The summed E-state index contributed by atoms with van der Waals surface area (Å²) < 4.78 is 98.0. The highest BCUT2D eigenvalue weighted by Crippen LogP contribution is 2.36. The number of rotatable bonds is 5. The first-order valence-corrected chi connectivity index (χ1v) is 8.23. The van der Waals surface area contributed by atoms with Crippen LogP contribution in [0, 0.1) is 34.9 Å². The number of benzene rings is 2. The third-order valence-corrected chi connectivity index (χ3v) is 3.51. The Morgan fingerprint density at radius 2 is 1.29 bits per heavy atom. The van der Waals surface area contributed by atoms with Crippen LogP contribution in [-0.2, 0) is 9.36 Å². The highest BCUT2D eigenvalue weighted by Gasteiger charge is 2.28. The first-order valence-electron chi connectivity index (χ1n) is 7.01. The Hall–Kier alpha value is -2.94. The second kappa shape index (κ2) is 9.84. The van der Waals surface area contributed by atoms with Gasteiger partial charge in [-0.25, -0.2) is 26.9 Å². The molecule has 2 rings (SSSR count). The van der Waals surface area contributed by atoms with Gasteiger partial charge in [0.15, 0.2) is 0 Å². The molecular weight excluding hydrogens is 417 g/mol. The highest BCUT2D eigenvalue weighted by molar-refractivity contribution is 7.34. The van der Waals surface area contributed by atoms with E-state index in [0.717, 1.165) is 24.3 Å². The van der Waals surface area contributed by atoms with Crippen LogP contribution in [0.4, 0.5) is 26.3 Å². The summed E-state index contributed by atoms with van der Waals surface area (Å²) in [6.45, 7) is 4.60. The van der Waals surface area contributed by atoms with Gasteiger partial charge >= 0.3 is 14.2 Å². The van der Waals surface area contributed by atoms with E-state index in [4.69, 9.17) is 5.11 Å². The molecule has 0 saturated heterocycles. The molecule has 2 aromatic rings. The van der Waals surface area contributed by atoms with Crippen LogP contribution in [0.15, 0.2) is 36.4 Å². The van der Waals surface area contributed by atoms with Crippen LogP contribution in [-0.4, -0.2) is 11.1 Å². The number of carbonyl (C=O) groups is 1. The second-order valence-electron chi connectivity index (χ2n) is 4.89. The van der Waals surface area contributed by atoms with Crippen LogP contribution in [0.3, 0.4) is 0 Å². The molecule has 0 amide bonds. The van der Waals surface area contributed by atoms with Crippen molar-refractivity contribution in [3.05, 3.63) is 71.3 Å². The average molecular weight is 428 g/mol. The maximum Gasteiger partial charge on any atom is 0.419 e. The lowest BCUT2D eigenvalue weighted by molar-refractivity contribution is -0.132. The molecule has 0 radical (unpaired) electrons. The van der Waals surface area contributed by atoms with Crippen molar-refractivity contribution in [3.8, 4) is 11.5 Å². The Bertz CT molecular complexity index is 876. The Balaban J connectivity index is 0.000000568.